The zero-order valence-corrected chi connectivity index (χ0v) is 15.2. The van der Waals surface area contributed by atoms with Crippen LogP contribution in [-0.2, 0) is 23.0 Å². The van der Waals surface area contributed by atoms with E-state index in [4.69, 9.17) is 0 Å². The molecule has 1 unspecified atom stereocenters. The van der Waals surface area contributed by atoms with Crippen LogP contribution >= 0.6 is 0 Å². The molecule has 0 saturated heterocycles. The summed E-state index contributed by atoms with van der Waals surface area (Å²) in [4.78, 5) is 16.1. The lowest BCUT2D eigenvalue weighted by molar-refractivity contribution is 0.0963. The topological polar surface area (TPSA) is 84.3 Å². The molecular formula is C17H22N4O3S. The second kappa shape index (κ2) is 6.97. The van der Waals surface area contributed by atoms with Crippen molar-refractivity contribution in [2.75, 3.05) is 20.6 Å². The molecule has 7 nitrogen and oxygen atoms in total. The number of carbonyl (C=O) groups excluding carboxylic acids is 1. The van der Waals surface area contributed by atoms with E-state index < -0.39 is 10.0 Å². The molecule has 0 aliphatic carbocycles. The Morgan fingerprint density at radius 1 is 1.36 bits per heavy atom. The van der Waals surface area contributed by atoms with E-state index in [2.05, 4.69) is 14.9 Å². The van der Waals surface area contributed by atoms with Gasteiger partial charge in [-0.2, -0.15) is 0 Å². The van der Waals surface area contributed by atoms with Gasteiger partial charge >= 0.3 is 0 Å². The van der Waals surface area contributed by atoms with Gasteiger partial charge in [0.2, 0.25) is 10.0 Å². The van der Waals surface area contributed by atoms with Crippen molar-refractivity contribution in [2.45, 2.75) is 24.3 Å². The number of nitrogens with zero attached hydrogens (tertiary/aromatic N) is 3. The SMILES string of the molecule is CNC(=O)c1ccc(S(=O)(=O)N(C)CC2CCc3nccn3C2)cc1. The highest BCUT2D eigenvalue weighted by atomic mass is 32.2. The van der Waals surface area contributed by atoms with Crippen LogP contribution in [0.3, 0.4) is 0 Å². The maximum absolute atomic E-state index is 12.8. The first-order valence-corrected chi connectivity index (χ1v) is 9.64. The van der Waals surface area contributed by atoms with Crippen LogP contribution in [0, 0.1) is 5.92 Å². The van der Waals surface area contributed by atoms with Crippen LogP contribution in [-0.4, -0.2) is 48.8 Å². The molecule has 1 aliphatic heterocycles. The second-order valence-corrected chi connectivity index (χ2v) is 8.33. The van der Waals surface area contributed by atoms with Crippen LogP contribution in [0.25, 0.3) is 0 Å². The molecule has 0 fully saturated rings. The quantitative estimate of drug-likeness (QED) is 0.864. The van der Waals surface area contributed by atoms with E-state index in [0.717, 1.165) is 25.2 Å². The largest absolute Gasteiger partial charge is 0.355 e. The zero-order chi connectivity index (χ0) is 18.0. The Morgan fingerprint density at radius 3 is 2.76 bits per heavy atom. The molecular weight excluding hydrogens is 340 g/mol. The van der Waals surface area contributed by atoms with Crippen molar-refractivity contribution in [1.29, 1.82) is 0 Å². The molecule has 1 N–H and O–H groups in total. The van der Waals surface area contributed by atoms with Gasteiger partial charge < -0.3 is 9.88 Å². The number of rotatable bonds is 5. The predicted octanol–water partition coefficient (Wildman–Crippen LogP) is 1.13. The molecule has 0 bridgehead atoms. The summed E-state index contributed by atoms with van der Waals surface area (Å²) >= 11 is 0. The lowest BCUT2D eigenvalue weighted by Crippen LogP contribution is -2.35. The highest BCUT2D eigenvalue weighted by molar-refractivity contribution is 7.89. The molecule has 1 aliphatic rings. The normalized spacial score (nSPS) is 17.3. The van der Waals surface area contributed by atoms with Gasteiger partial charge in [0.1, 0.15) is 5.82 Å². The van der Waals surface area contributed by atoms with E-state index in [1.54, 1.807) is 13.2 Å². The third kappa shape index (κ3) is 3.59. The standard InChI is InChI=1S/C17H22N4O3S/c1-18-17(22)14-4-6-15(7-5-14)25(23,24)20(2)11-13-3-8-16-19-9-10-21(16)12-13/h4-7,9-10,13H,3,8,11-12H2,1-2H3,(H,18,22). The molecule has 25 heavy (non-hydrogen) atoms. The van der Waals surface area contributed by atoms with Crippen molar-refractivity contribution in [1.82, 2.24) is 19.2 Å². The number of benzene rings is 1. The fraction of sp³-hybridized carbons (Fsp3) is 0.412. The number of sulfonamides is 1. The summed E-state index contributed by atoms with van der Waals surface area (Å²) in [6.07, 6.45) is 5.51. The van der Waals surface area contributed by atoms with Crippen LogP contribution in [0.2, 0.25) is 0 Å². The van der Waals surface area contributed by atoms with Gasteiger partial charge in [0, 0.05) is 51.6 Å². The van der Waals surface area contributed by atoms with Crippen LogP contribution in [0.15, 0.2) is 41.6 Å². The molecule has 1 aromatic carbocycles. The molecule has 2 heterocycles. The van der Waals surface area contributed by atoms with E-state index >= 15 is 0 Å². The van der Waals surface area contributed by atoms with Gasteiger partial charge in [-0.15, -0.1) is 0 Å². The molecule has 0 radical (unpaired) electrons. The number of hydrogen-bond donors (Lipinski definition) is 1. The average Bonchev–Trinajstić information content (AvgIpc) is 3.08. The van der Waals surface area contributed by atoms with Crippen molar-refractivity contribution in [3.8, 4) is 0 Å². The van der Waals surface area contributed by atoms with Gasteiger partial charge in [-0.3, -0.25) is 4.79 Å². The number of nitrogens with one attached hydrogen (secondary N) is 1. The highest BCUT2D eigenvalue weighted by Crippen LogP contribution is 2.22. The zero-order valence-electron chi connectivity index (χ0n) is 14.3. The summed E-state index contributed by atoms with van der Waals surface area (Å²) in [6, 6.07) is 6.01. The monoisotopic (exact) mass is 362 g/mol. The Balaban J connectivity index is 1.70. The summed E-state index contributed by atoms with van der Waals surface area (Å²) in [5.41, 5.74) is 0.434. The van der Waals surface area contributed by atoms with Crippen molar-refractivity contribution in [3.05, 3.63) is 48.0 Å². The van der Waals surface area contributed by atoms with E-state index in [9.17, 15) is 13.2 Å². The summed E-state index contributed by atoms with van der Waals surface area (Å²) < 4.78 is 29.0. The van der Waals surface area contributed by atoms with Crippen molar-refractivity contribution >= 4 is 15.9 Å². The minimum Gasteiger partial charge on any atom is -0.355 e. The second-order valence-electron chi connectivity index (χ2n) is 6.29. The first-order valence-electron chi connectivity index (χ1n) is 8.20. The predicted molar refractivity (Wildman–Crippen MR) is 93.7 cm³/mol. The molecule has 0 spiro atoms. The third-order valence-electron chi connectivity index (χ3n) is 4.60. The molecule has 0 saturated carbocycles. The first kappa shape index (κ1) is 17.6. The molecule has 3 rings (SSSR count). The molecule has 1 atom stereocenters. The van der Waals surface area contributed by atoms with Gasteiger partial charge in [-0.25, -0.2) is 17.7 Å². The van der Waals surface area contributed by atoms with Gasteiger partial charge in [-0.05, 0) is 36.6 Å². The summed E-state index contributed by atoms with van der Waals surface area (Å²) in [5, 5.41) is 2.52. The van der Waals surface area contributed by atoms with Gasteiger partial charge in [-0.1, -0.05) is 0 Å². The Morgan fingerprint density at radius 2 is 2.08 bits per heavy atom. The smallest absolute Gasteiger partial charge is 0.251 e. The number of aryl methyl sites for hydroxylation is 1. The fourth-order valence-electron chi connectivity index (χ4n) is 3.15. The van der Waals surface area contributed by atoms with Gasteiger partial charge in [0.25, 0.3) is 5.91 Å². The molecule has 2 aromatic rings. The Labute approximate surface area is 147 Å². The number of amides is 1. The molecule has 8 heteroatoms. The molecule has 134 valence electrons. The number of aromatic nitrogens is 2. The van der Waals surface area contributed by atoms with Crippen LogP contribution in [0.5, 0.6) is 0 Å². The van der Waals surface area contributed by atoms with E-state index in [1.165, 1.54) is 35.6 Å². The number of hydrogen-bond acceptors (Lipinski definition) is 4. The van der Waals surface area contributed by atoms with Gasteiger partial charge in [0.05, 0.1) is 4.90 Å². The van der Waals surface area contributed by atoms with Crippen molar-refractivity contribution in [2.24, 2.45) is 5.92 Å². The fourth-order valence-corrected chi connectivity index (χ4v) is 4.40. The Bertz CT molecular complexity index is 858. The summed E-state index contributed by atoms with van der Waals surface area (Å²) in [6.45, 7) is 1.24. The number of carbonyl (C=O) groups is 1. The van der Waals surface area contributed by atoms with Crippen LogP contribution < -0.4 is 5.32 Å². The van der Waals surface area contributed by atoms with Crippen LogP contribution in [0.1, 0.15) is 22.6 Å². The minimum atomic E-state index is -3.57. The van der Waals surface area contributed by atoms with E-state index in [-0.39, 0.29) is 16.7 Å². The molecule has 1 amide bonds. The van der Waals surface area contributed by atoms with Crippen molar-refractivity contribution in [3.63, 3.8) is 0 Å². The van der Waals surface area contributed by atoms with Crippen molar-refractivity contribution < 1.29 is 13.2 Å². The lowest BCUT2D eigenvalue weighted by atomic mass is 10.00. The van der Waals surface area contributed by atoms with Gasteiger partial charge in [0.15, 0.2) is 0 Å². The first-order chi connectivity index (χ1) is 11.9. The van der Waals surface area contributed by atoms with E-state index in [0.29, 0.717) is 12.1 Å². The number of imidazole rings is 1. The highest BCUT2D eigenvalue weighted by Gasteiger charge is 2.26. The minimum absolute atomic E-state index is 0.196. The maximum atomic E-state index is 12.8. The Hall–Kier alpha value is -2.19. The van der Waals surface area contributed by atoms with E-state index in [1.807, 2.05) is 6.20 Å². The Kier molecular flexibility index (Phi) is 4.91. The molecule has 1 aromatic heterocycles. The van der Waals surface area contributed by atoms with Crippen LogP contribution in [0.4, 0.5) is 0 Å². The average molecular weight is 362 g/mol. The summed E-state index contributed by atoms with van der Waals surface area (Å²) in [5.74, 6) is 1.08. The maximum Gasteiger partial charge on any atom is 0.251 e. The number of fused-ring (bicyclic) bond motifs is 1. The third-order valence-corrected chi connectivity index (χ3v) is 6.44. The lowest BCUT2D eigenvalue weighted by Gasteiger charge is -2.27. The summed E-state index contributed by atoms with van der Waals surface area (Å²) in [7, 11) is -0.434.